The highest BCUT2D eigenvalue weighted by Crippen LogP contribution is 2.36. The quantitative estimate of drug-likeness (QED) is 0.931. The average molecular weight is 338 g/mol. The van der Waals surface area contributed by atoms with E-state index in [1.807, 2.05) is 42.5 Å². The van der Waals surface area contributed by atoms with E-state index in [9.17, 15) is 9.59 Å². The molecular formula is C20H22N2O3. The summed E-state index contributed by atoms with van der Waals surface area (Å²) in [5, 5.41) is 2.97. The number of ether oxygens (including phenoxy) is 1. The molecule has 1 aliphatic heterocycles. The number of nitrogens with zero attached hydrogens (tertiary/aromatic N) is 1. The average Bonchev–Trinajstić information content (AvgIpc) is 2.65. The lowest BCUT2D eigenvalue weighted by molar-refractivity contribution is -0.140. The molecule has 25 heavy (non-hydrogen) atoms. The molecule has 0 saturated carbocycles. The molecule has 3 rings (SSSR count). The number of likely N-dealkylation sites (tertiary alicyclic amines) is 1. The third-order valence-corrected chi connectivity index (χ3v) is 4.70. The van der Waals surface area contributed by atoms with Gasteiger partial charge in [-0.1, -0.05) is 30.3 Å². The molecule has 1 fully saturated rings. The van der Waals surface area contributed by atoms with Gasteiger partial charge in [0.15, 0.2) is 0 Å². The lowest BCUT2D eigenvalue weighted by atomic mass is 9.84. The van der Waals surface area contributed by atoms with E-state index in [0.717, 1.165) is 17.0 Å². The van der Waals surface area contributed by atoms with Crippen molar-refractivity contribution in [3.63, 3.8) is 0 Å². The summed E-state index contributed by atoms with van der Waals surface area (Å²) in [7, 11) is 3.37. The van der Waals surface area contributed by atoms with Crippen molar-refractivity contribution in [2.45, 2.75) is 18.9 Å². The van der Waals surface area contributed by atoms with Gasteiger partial charge in [-0.3, -0.25) is 9.59 Å². The van der Waals surface area contributed by atoms with Crippen molar-refractivity contribution >= 4 is 17.5 Å². The van der Waals surface area contributed by atoms with Crippen LogP contribution in [0.25, 0.3) is 0 Å². The summed E-state index contributed by atoms with van der Waals surface area (Å²) < 4.78 is 5.13. The van der Waals surface area contributed by atoms with Crippen molar-refractivity contribution in [2.75, 3.05) is 19.5 Å². The van der Waals surface area contributed by atoms with E-state index in [-0.39, 0.29) is 23.8 Å². The van der Waals surface area contributed by atoms with Gasteiger partial charge in [0.1, 0.15) is 5.75 Å². The van der Waals surface area contributed by atoms with Crippen molar-refractivity contribution in [1.82, 2.24) is 4.90 Å². The van der Waals surface area contributed by atoms with Crippen molar-refractivity contribution < 1.29 is 14.3 Å². The Kier molecular flexibility index (Phi) is 5.03. The maximum Gasteiger partial charge on any atom is 0.229 e. The van der Waals surface area contributed by atoms with E-state index >= 15 is 0 Å². The molecule has 5 nitrogen and oxygen atoms in total. The molecule has 0 aromatic heterocycles. The molecule has 0 bridgehead atoms. The van der Waals surface area contributed by atoms with Gasteiger partial charge in [0.25, 0.3) is 0 Å². The first-order valence-electron chi connectivity index (χ1n) is 8.35. The first-order chi connectivity index (χ1) is 12.1. The minimum atomic E-state index is -0.285. The van der Waals surface area contributed by atoms with Crippen LogP contribution in [0.5, 0.6) is 5.75 Å². The van der Waals surface area contributed by atoms with Crippen LogP contribution in [-0.4, -0.2) is 30.9 Å². The van der Waals surface area contributed by atoms with E-state index in [1.54, 1.807) is 31.2 Å². The van der Waals surface area contributed by atoms with E-state index in [0.29, 0.717) is 12.8 Å². The van der Waals surface area contributed by atoms with Crippen LogP contribution in [0, 0.1) is 5.92 Å². The minimum Gasteiger partial charge on any atom is -0.497 e. The van der Waals surface area contributed by atoms with Gasteiger partial charge in [-0.2, -0.15) is 0 Å². The zero-order valence-electron chi connectivity index (χ0n) is 14.4. The number of amides is 2. The number of hydrogen-bond acceptors (Lipinski definition) is 3. The summed E-state index contributed by atoms with van der Waals surface area (Å²) in [6, 6.07) is 16.7. The Morgan fingerprint density at radius 1 is 1.12 bits per heavy atom. The number of anilines is 1. The third kappa shape index (κ3) is 3.65. The molecule has 2 atom stereocenters. The van der Waals surface area contributed by atoms with Gasteiger partial charge < -0.3 is 15.0 Å². The van der Waals surface area contributed by atoms with E-state index in [1.165, 1.54) is 0 Å². The zero-order valence-corrected chi connectivity index (χ0v) is 14.4. The molecule has 1 saturated heterocycles. The van der Waals surface area contributed by atoms with Gasteiger partial charge in [-0.25, -0.2) is 0 Å². The third-order valence-electron chi connectivity index (χ3n) is 4.70. The molecule has 1 N–H and O–H groups in total. The van der Waals surface area contributed by atoms with Gasteiger partial charge in [0.05, 0.1) is 19.1 Å². The van der Waals surface area contributed by atoms with Gasteiger partial charge in [-0.15, -0.1) is 0 Å². The molecule has 0 spiro atoms. The summed E-state index contributed by atoms with van der Waals surface area (Å²) in [4.78, 5) is 26.7. The summed E-state index contributed by atoms with van der Waals surface area (Å²) in [6.45, 7) is 0. The van der Waals surface area contributed by atoms with Gasteiger partial charge in [0, 0.05) is 19.2 Å². The maximum atomic E-state index is 12.9. The topological polar surface area (TPSA) is 58.6 Å². The van der Waals surface area contributed by atoms with Crippen molar-refractivity contribution in [3.8, 4) is 5.75 Å². The molecule has 2 aromatic carbocycles. The second-order valence-electron chi connectivity index (χ2n) is 6.22. The first-order valence-corrected chi connectivity index (χ1v) is 8.35. The normalized spacial score (nSPS) is 20.2. The standard InChI is InChI=1S/C20H22N2O3/c1-22-18(23)13-12-17(19(22)14-6-4-3-5-7-14)20(24)21-15-8-10-16(25-2)11-9-15/h3-11,17,19H,12-13H2,1-2H3,(H,21,24). The fourth-order valence-corrected chi connectivity index (χ4v) is 3.33. The van der Waals surface area contributed by atoms with E-state index in [2.05, 4.69) is 5.32 Å². The molecule has 1 heterocycles. The van der Waals surface area contributed by atoms with E-state index in [4.69, 9.17) is 4.74 Å². The SMILES string of the molecule is COc1ccc(NC(=O)C2CCC(=O)N(C)C2c2ccccc2)cc1. The van der Waals surface area contributed by atoms with Crippen LogP contribution in [0.15, 0.2) is 54.6 Å². The number of methoxy groups -OCH3 is 1. The Bertz CT molecular complexity index is 743. The fraction of sp³-hybridized carbons (Fsp3) is 0.300. The number of piperidine rings is 1. The van der Waals surface area contributed by atoms with Crippen LogP contribution in [0.1, 0.15) is 24.4 Å². The van der Waals surface area contributed by atoms with Gasteiger partial charge in [0.2, 0.25) is 11.8 Å². The van der Waals surface area contributed by atoms with Crippen LogP contribution in [0.3, 0.4) is 0 Å². The second kappa shape index (κ2) is 7.38. The largest absolute Gasteiger partial charge is 0.497 e. The van der Waals surface area contributed by atoms with Crippen LogP contribution >= 0.6 is 0 Å². The zero-order chi connectivity index (χ0) is 17.8. The highest BCUT2D eigenvalue weighted by molar-refractivity contribution is 5.94. The molecular weight excluding hydrogens is 316 g/mol. The number of nitrogens with one attached hydrogen (secondary N) is 1. The summed E-state index contributed by atoms with van der Waals surface area (Å²) >= 11 is 0. The summed E-state index contributed by atoms with van der Waals surface area (Å²) in [6.07, 6.45) is 0.936. The minimum absolute atomic E-state index is 0.0710. The lowest BCUT2D eigenvalue weighted by Crippen LogP contribution is -2.44. The number of hydrogen-bond donors (Lipinski definition) is 1. The highest BCUT2D eigenvalue weighted by Gasteiger charge is 2.38. The van der Waals surface area contributed by atoms with Crippen LogP contribution < -0.4 is 10.1 Å². The fourth-order valence-electron chi connectivity index (χ4n) is 3.33. The predicted molar refractivity (Wildman–Crippen MR) is 96.3 cm³/mol. The van der Waals surface area contributed by atoms with Crippen LogP contribution in [-0.2, 0) is 9.59 Å². The molecule has 1 aliphatic rings. The monoisotopic (exact) mass is 338 g/mol. The molecule has 2 aromatic rings. The molecule has 130 valence electrons. The van der Waals surface area contributed by atoms with Crippen molar-refractivity contribution in [3.05, 3.63) is 60.2 Å². The first kappa shape index (κ1) is 17.0. The number of carbonyl (C=O) groups is 2. The Morgan fingerprint density at radius 3 is 2.44 bits per heavy atom. The Balaban J connectivity index is 1.82. The summed E-state index contributed by atoms with van der Waals surface area (Å²) in [5.74, 6) is 0.455. The van der Waals surface area contributed by atoms with Gasteiger partial charge in [-0.05, 0) is 36.2 Å². The van der Waals surface area contributed by atoms with E-state index < -0.39 is 0 Å². The lowest BCUT2D eigenvalue weighted by Gasteiger charge is -2.38. The molecule has 2 unspecified atom stereocenters. The van der Waals surface area contributed by atoms with Gasteiger partial charge >= 0.3 is 0 Å². The number of benzene rings is 2. The molecule has 0 radical (unpaired) electrons. The van der Waals surface area contributed by atoms with Crippen molar-refractivity contribution in [2.24, 2.45) is 5.92 Å². The molecule has 5 heteroatoms. The van der Waals surface area contributed by atoms with Crippen LogP contribution in [0.2, 0.25) is 0 Å². The molecule has 2 amide bonds. The van der Waals surface area contributed by atoms with Crippen LogP contribution in [0.4, 0.5) is 5.69 Å². The Hall–Kier alpha value is -2.82. The predicted octanol–water partition coefficient (Wildman–Crippen LogP) is 3.24. The Morgan fingerprint density at radius 2 is 1.80 bits per heavy atom. The highest BCUT2D eigenvalue weighted by atomic mass is 16.5. The maximum absolute atomic E-state index is 12.9. The molecule has 0 aliphatic carbocycles. The number of carbonyl (C=O) groups excluding carboxylic acids is 2. The second-order valence-corrected chi connectivity index (χ2v) is 6.22. The number of rotatable bonds is 4. The van der Waals surface area contributed by atoms with Crippen molar-refractivity contribution in [1.29, 1.82) is 0 Å². The summed E-state index contributed by atoms with van der Waals surface area (Å²) in [5.41, 5.74) is 1.70. The smallest absolute Gasteiger partial charge is 0.229 e. The Labute approximate surface area is 147 Å².